The van der Waals surface area contributed by atoms with Crippen molar-refractivity contribution in [3.63, 3.8) is 0 Å². The predicted octanol–water partition coefficient (Wildman–Crippen LogP) is 2.80. The number of anilines is 1. The van der Waals surface area contributed by atoms with Gasteiger partial charge in [-0.15, -0.1) is 0 Å². The molecular formula is C18H28N2O. The van der Waals surface area contributed by atoms with Crippen molar-refractivity contribution in [1.29, 1.82) is 0 Å². The van der Waals surface area contributed by atoms with E-state index < -0.39 is 0 Å². The quantitative estimate of drug-likeness (QED) is 0.923. The molecule has 2 fully saturated rings. The lowest BCUT2D eigenvalue weighted by Gasteiger charge is -2.35. The first-order valence-corrected chi connectivity index (χ1v) is 8.44. The van der Waals surface area contributed by atoms with Crippen molar-refractivity contribution in [2.24, 2.45) is 5.92 Å². The van der Waals surface area contributed by atoms with Gasteiger partial charge in [0.05, 0.1) is 6.61 Å². The van der Waals surface area contributed by atoms with Gasteiger partial charge in [-0.1, -0.05) is 6.07 Å². The van der Waals surface area contributed by atoms with Crippen LogP contribution in [-0.2, 0) is 6.61 Å². The minimum Gasteiger partial charge on any atom is -0.392 e. The third-order valence-corrected chi connectivity index (χ3v) is 5.19. The Bertz CT molecular complexity index is 460. The molecule has 0 bridgehead atoms. The Morgan fingerprint density at radius 3 is 2.43 bits per heavy atom. The fourth-order valence-electron chi connectivity index (χ4n) is 3.76. The van der Waals surface area contributed by atoms with Gasteiger partial charge in [-0.25, -0.2) is 0 Å². The molecule has 2 heterocycles. The van der Waals surface area contributed by atoms with Crippen LogP contribution in [0.25, 0.3) is 0 Å². The van der Waals surface area contributed by atoms with Crippen molar-refractivity contribution in [2.45, 2.75) is 39.2 Å². The second-order valence-electron chi connectivity index (χ2n) is 6.71. The fraction of sp³-hybridized carbons (Fsp3) is 0.667. The molecule has 116 valence electrons. The van der Waals surface area contributed by atoms with Crippen LogP contribution in [0.15, 0.2) is 18.2 Å². The first-order valence-electron chi connectivity index (χ1n) is 8.44. The van der Waals surface area contributed by atoms with Gasteiger partial charge in [-0.05, 0) is 74.9 Å². The van der Waals surface area contributed by atoms with Crippen LogP contribution in [-0.4, -0.2) is 42.7 Å². The number of aryl methyl sites for hydroxylation is 1. The maximum Gasteiger partial charge on any atom is 0.0684 e. The predicted molar refractivity (Wildman–Crippen MR) is 87.7 cm³/mol. The Balaban J connectivity index is 1.54. The van der Waals surface area contributed by atoms with Crippen LogP contribution < -0.4 is 4.90 Å². The van der Waals surface area contributed by atoms with E-state index >= 15 is 0 Å². The van der Waals surface area contributed by atoms with Crippen molar-refractivity contribution >= 4 is 5.69 Å². The summed E-state index contributed by atoms with van der Waals surface area (Å²) in [7, 11) is 0. The Morgan fingerprint density at radius 2 is 1.81 bits per heavy atom. The van der Waals surface area contributed by atoms with Crippen molar-refractivity contribution in [3.05, 3.63) is 29.3 Å². The summed E-state index contributed by atoms with van der Waals surface area (Å²) in [5.74, 6) is 0.886. The molecule has 1 N–H and O–H groups in total. The van der Waals surface area contributed by atoms with E-state index in [1.807, 2.05) is 0 Å². The Kier molecular flexibility index (Phi) is 4.81. The van der Waals surface area contributed by atoms with Crippen molar-refractivity contribution in [1.82, 2.24) is 4.90 Å². The number of likely N-dealkylation sites (tertiary alicyclic amines) is 1. The number of hydrogen-bond acceptors (Lipinski definition) is 3. The lowest BCUT2D eigenvalue weighted by atomic mass is 9.95. The van der Waals surface area contributed by atoms with Gasteiger partial charge in [0, 0.05) is 25.3 Å². The summed E-state index contributed by atoms with van der Waals surface area (Å²) < 4.78 is 0. The number of benzene rings is 1. The van der Waals surface area contributed by atoms with Gasteiger partial charge in [0.2, 0.25) is 0 Å². The summed E-state index contributed by atoms with van der Waals surface area (Å²) in [6, 6.07) is 6.46. The highest BCUT2D eigenvalue weighted by molar-refractivity contribution is 5.51. The van der Waals surface area contributed by atoms with Crippen molar-refractivity contribution in [2.75, 3.05) is 37.6 Å². The number of nitrogens with zero attached hydrogens (tertiary/aromatic N) is 2. The van der Waals surface area contributed by atoms with Crippen LogP contribution in [0, 0.1) is 12.8 Å². The Hall–Kier alpha value is -1.06. The largest absolute Gasteiger partial charge is 0.392 e. The third kappa shape index (κ3) is 3.58. The molecule has 0 aromatic heterocycles. The standard InChI is InChI=1S/C18H28N2O/c1-15-12-18(5-4-17(15)14-21)20-10-6-16(7-11-20)13-19-8-2-3-9-19/h4-5,12,16,21H,2-3,6-11,13-14H2,1H3. The molecule has 1 aromatic rings. The van der Waals surface area contributed by atoms with E-state index in [0.717, 1.165) is 11.5 Å². The zero-order valence-electron chi connectivity index (χ0n) is 13.2. The van der Waals surface area contributed by atoms with Crippen LogP contribution in [0.2, 0.25) is 0 Å². The van der Waals surface area contributed by atoms with E-state index in [4.69, 9.17) is 0 Å². The highest BCUT2D eigenvalue weighted by Gasteiger charge is 2.23. The normalized spacial score (nSPS) is 21.1. The topological polar surface area (TPSA) is 26.7 Å². The molecule has 3 heteroatoms. The summed E-state index contributed by atoms with van der Waals surface area (Å²) in [5.41, 5.74) is 3.57. The molecule has 0 aliphatic carbocycles. The first-order chi connectivity index (χ1) is 10.3. The number of aliphatic hydroxyl groups excluding tert-OH is 1. The molecule has 3 rings (SSSR count). The maximum atomic E-state index is 9.27. The molecule has 3 nitrogen and oxygen atoms in total. The molecule has 2 aliphatic rings. The van der Waals surface area contributed by atoms with E-state index in [1.165, 1.54) is 69.7 Å². The van der Waals surface area contributed by atoms with Crippen LogP contribution in [0.1, 0.15) is 36.8 Å². The summed E-state index contributed by atoms with van der Waals surface area (Å²) in [5, 5.41) is 9.27. The van der Waals surface area contributed by atoms with Gasteiger partial charge < -0.3 is 14.9 Å². The summed E-state index contributed by atoms with van der Waals surface area (Å²) in [6.45, 7) is 8.55. The number of aliphatic hydroxyl groups is 1. The van der Waals surface area contributed by atoms with E-state index in [0.29, 0.717) is 0 Å². The van der Waals surface area contributed by atoms with Crippen LogP contribution in [0.5, 0.6) is 0 Å². The molecular weight excluding hydrogens is 260 g/mol. The minimum absolute atomic E-state index is 0.143. The van der Waals surface area contributed by atoms with Crippen molar-refractivity contribution < 1.29 is 5.11 Å². The summed E-state index contributed by atoms with van der Waals surface area (Å²) >= 11 is 0. The molecule has 0 atom stereocenters. The highest BCUT2D eigenvalue weighted by Crippen LogP contribution is 2.26. The number of hydrogen-bond donors (Lipinski definition) is 1. The lowest BCUT2D eigenvalue weighted by molar-refractivity contribution is 0.249. The Morgan fingerprint density at radius 1 is 1.10 bits per heavy atom. The summed E-state index contributed by atoms with van der Waals surface area (Å²) in [6.07, 6.45) is 5.43. The van der Waals surface area contributed by atoms with Crippen LogP contribution in [0.3, 0.4) is 0 Å². The zero-order chi connectivity index (χ0) is 14.7. The number of rotatable bonds is 4. The number of piperidine rings is 1. The zero-order valence-corrected chi connectivity index (χ0v) is 13.2. The minimum atomic E-state index is 0.143. The average molecular weight is 288 g/mol. The van der Waals surface area contributed by atoms with Crippen LogP contribution in [0.4, 0.5) is 5.69 Å². The second-order valence-corrected chi connectivity index (χ2v) is 6.71. The molecule has 2 saturated heterocycles. The Labute approximate surface area is 128 Å². The van der Waals surface area contributed by atoms with Gasteiger partial charge >= 0.3 is 0 Å². The van der Waals surface area contributed by atoms with E-state index in [2.05, 4.69) is 34.9 Å². The van der Waals surface area contributed by atoms with Crippen molar-refractivity contribution in [3.8, 4) is 0 Å². The second kappa shape index (κ2) is 6.80. The van der Waals surface area contributed by atoms with Gasteiger partial charge in [0.25, 0.3) is 0 Å². The van der Waals surface area contributed by atoms with E-state index in [1.54, 1.807) is 0 Å². The molecule has 1 aromatic carbocycles. The first kappa shape index (κ1) is 14.9. The van der Waals surface area contributed by atoms with Gasteiger partial charge in [0.15, 0.2) is 0 Å². The summed E-state index contributed by atoms with van der Waals surface area (Å²) in [4.78, 5) is 5.16. The molecule has 0 unspecified atom stereocenters. The monoisotopic (exact) mass is 288 g/mol. The fourth-order valence-corrected chi connectivity index (χ4v) is 3.76. The molecule has 21 heavy (non-hydrogen) atoms. The lowest BCUT2D eigenvalue weighted by Crippen LogP contribution is -2.38. The van der Waals surface area contributed by atoms with E-state index in [-0.39, 0.29) is 6.61 Å². The third-order valence-electron chi connectivity index (χ3n) is 5.19. The molecule has 0 radical (unpaired) electrons. The van der Waals surface area contributed by atoms with Crippen LogP contribution >= 0.6 is 0 Å². The smallest absolute Gasteiger partial charge is 0.0684 e. The maximum absolute atomic E-state index is 9.27. The average Bonchev–Trinajstić information content (AvgIpc) is 3.01. The van der Waals surface area contributed by atoms with Gasteiger partial charge in [0.1, 0.15) is 0 Å². The van der Waals surface area contributed by atoms with Gasteiger partial charge in [-0.2, -0.15) is 0 Å². The molecule has 0 spiro atoms. The van der Waals surface area contributed by atoms with E-state index in [9.17, 15) is 5.11 Å². The molecule has 0 saturated carbocycles. The van der Waals surface area contributed by atoms with Gasteiger partial charge in [-0.3, -0.25) is 0 Å². The SMILES string of the molecule is Cc1cc(N2CCC(CN3CCCC3)CC2)ccc1CO. The molecule has 2 aliphatic heterocycles. The highest BCUT2D eigenvalue weighted by atomic mass is 16.3. The molecule has 0 amide bonds.